The van der Waals surface area contributed by atoms with Gasteiger partial charge in [0.2, 0.25) is 15.9 Å². The molecule has 7 nitrogen and oxygen atoms in total. The maximum Gasteiger partial charge on any atom is 0.227 e. The van der Waals surface area contributed by atoms with Gasteiger partial charge in [0, 0.05) is 45.3 Å². The van der Waals surface area contributed by atoms with Gasteiger partial charge in [-0.05, 0) is 19.8 Å². The van der Waals surface area contributed by atoms with E-state index >= 15 is 0 Å². The Labute approximate surface area is 138 Å². The van der Waals surface area contributed by atoms with Crippen LogP contribution in [0.1, 0.15) is 19.8 Å². The van der Waals surface area contributed by atoms with Crippen molar-refractivity contribution >= 4 is 15.9 Å². The molecule has 0 aromatic carbocycles. The zero-order chi connectivity index (χ0) is 16.4. The number of morpholine rings is 1. The number of carbonyl (C=O) groups excluding carboxylic acids is 1. The van der Waals surface area contributed by atoms with Gasteiger partial charge in [0.05, 0.1) is 24.9 Å². The predicted molar refractivity (Wildman–Crippen MR) is 86.5 cm³/mol. The van der Waals surface area contributed by atoms with Crippen molar-refractivity contribution in [3.05, 3.63) is 0 Å². The standard InChI is InChI=1S/C15H27N3O4S/c1-2-23(20,21)18-5-3-4-13(10-18)15(19)17-11-14(12-17)16-6-8-22-9-7-16/h13-14H,2-12H2,1H3. The number of ether oxygens (including phenoxy) is 1. The van der Waals surface area contributed by atoms with Gasteiger partial charge in [-0.1, -0.05) is 0 Å². The van der Waals surface area contributed by atoms with Crippen LogP contribution >= 0.6 is 0 Å². The Kier molecular flexibility index (Phi) is 5.25. The summed E-state index contributed by atoms with van der Waals surface area (Å²) in [6.07, 6.45) is 1.57. The van der Waals surface area contributed by atoms with Gasteiger partial charge in [0.1, 0.15) is 0 Å². The molecule has 23 heavy (non-hydrogen) atoms. The minimum absolute atomic E-state index is 0.108. The highest BCUT2D eigenvalue weighted by Crippen LogP contribution is 2.25. The molecule has 0 saturated carbocycles. The van der Waals surface area contributed by atoms with E-state index in [-0.39, 0.29) is 17.6 Å². The Morgan fingerprint density at radius 2 is 1.83 bits per heavy atom. The first-order valence-electron chi connectivity index (χ1n) is 8.59. The molecule has 3 heterocycles. The van der Waals surface area contributed by atoms with E-state index < -0.39 is 10.0 Å². The molecule has 1 unspecified atom stereocenters. The number of nitrogens with zero attached hydrogens (tertiary/aromatic N) is 3. The molecule has 3 fully saturated rings. The largest absolute Gasteiger partial charge is 0.379 e. The van der Waals surface area contributed by atoms with E-state index in [1.807, 2.05) is 4.90 Å². The fraction of sp³-hybridized carbons (Fsp3) is 0.933. The average molecular weight is 345 g/mol. The van der Waals surface area contributed by atoms with E-state index in [0.29, 0.717) is 19.1 Å². The third-order valence-corrected chi connectivity index (χ3v) is 7.08. The van der Waals surface area contributed by atoms with Crippen LogP contribution in [0.25, 0.3) is 0 Å². The normalized spacial score (nSPS) is 28.6. The second-order valence-corrected chi connectivity index (χ2v) is 8.90. The number of hydrogen-bond acceptors (Lipinski definition) is 5. The van der Waals surface area contributed by atoms with Gasteiger partial charge in [-0.15, -0.1) is 0 Å². The molecular weight excluding hydrogens is 318 g/mol. The first-order valence-corrected chi connectivity index (χ1v) is 10.2. The molecule has 0 spiro atoms. The maximum absolute atomic E-state index is 12.6. The third kappa shape index (κ3) is 3.70. The molecule has 0 aromatic rings. The quantitative estimate of drug-likeness (QED) is 0.693. The summed E-state index contributed by atoms with van der Waals surface area (Å²) in [6, 6.07) is 0.446. The van der Waals surface area contributed by atoms with E-state index in [1.54, 1.807) is 6.92 Å². The van der Waals surface area contributed by atoms with Gasteiger partial charge >= 0.3 is 0 Å². The van der Waals surface area contributed by atoms with Crippen molar-refractivity contribution in [2.24, 2.45) is 5.92 Å². The number of hydrogen-bond donors (Lipinski definition) is 0. The predicted octanol–water partition coefficient (Wildman–Crippen LogP) is -0.409. The minimum Gasteiger partial charge on any atom is -0.379 e. The van der Waals surface area contributed by atoms with Crippen molar-refractivity contribution in [3.8, 4) is 0 Å². The molecule has 0 radical (unpaired) electrons. The van der Waals surface area contributed by atoms with Crippen LogP contribution in [-0.4, -0.2) is 92.7 Å². The Hall–Kier alpha value is -0.700. The highest BCUT2D eigenvalue weighted by Gasteiger charge is 2.40. The first kappa shape index (κ1) is 17.1. The molecule has 3 saturated heterocycles. The molecule has 0 aliphatic carbocycles. The second kappa shape index (κ2) is 7.04. The van der Waals surface area contributed by atoms with Crippen molar-refractivity contribution in [1.82, 2.24) is 14.1 Å². The van der Waals surface area contributed by atoms with E-state index in [4.69, 9.17) is 4.74 Å². The van der Waals surface area contributed by atoms with Crippen molar-refractivity contribution in [2.45, 2.75) is 25.8 Å². The van der Waals surface area contributed by atoms with Gasteiger partial charge < -0.3 is 9.64 Å². The van der Waals surface area contributed by atoms with Gasteiger partial charge in [-0.25, -0.2) is 12.7 Å². The molecule has 3 aliphatic rings. The van der Waals surface area contributed by atoms with Crippen LogP contribution in [0.3, 0.4) is 0 Å². The molecule has 8 heteroatoms. The molecular formula is C15H27N3O4S. The van der Waals surface area contributed by atoms with E-state index in [2.05, 4.69) is 4.90 Å². The topological polar surface area (TPSA) is 70.2 Å². The molecule has 0 N–H and O–H groups in total. The van der Waals surface area contributed by atoms with E-state index in [1.165, 1.54) is 4.31 Å². The maximum atomic E-state index is 12.6. The van der Waals surface area contributed by atoms with Gasteiger partial charge in [-0.2, -0.15) is 0 Å². The van der Waals surface area contributed by atoms with Crippen molar-refractivity contribution in [2.75, 3.05) is 58.2 Å². The van der Waals surface area contributed by atoms with Crippen LogP contribution in [0.2, 0.25) is 0 Å². The number of piperidine rings is 1. The number of rotatable bonds is 4. The monoisotopic (exact) mass is 345 g/mol. The molecule has 0 bridgehead atoms. The first-order chi connectivity index (χ1) is 11.0. The summed E-state index contributed by atoms with van der Waals surface area (Å²) in [6.45, 7) is 7.55. The third-order valence-electron chi connectivity index (χ3n) is 5.23. The van der Waals surface area contributed by atoms with Crippen LogP contribution in [-0.2, 0) is 19.6 Å². The van der Waals surface area contributed by atoms with Crippen LogP contribution in [0.4, 0.5) is 0 Å². The van der Waals surface area contributed by atoms with E-state index in [9.17, 15) is 13.2 Å². The van der Waals surface area contributed by atoms with Gasteiger partial charge in [0.25, 0.3) is 0 Å². The molecule has 1 atom stereocenters. The molecule has 0 aromatic heterocycles. The Morgan fingerprint density at radius 3 is 2.48 bits per heavy atom. The van der Waals surface area contributed by atoms with Crippen LogP contribution in [0.5, 0.6) is 0 Å². The highest BCUT2D eigenvalue weighted by atomic mass is 32.2. The molecule has 3 aliphatic heterocycles. The Morgan fingerprint density at radius 1 is 1.13 bits per heavy atom. The number of sulfonamides is 1. The lowest BCUT2D eigenvalue weighted by atomic mass is 9.95. The Balaban J connectivity index is 1.51. The lowest BCUT2D eigenvalue weighted by Crippen LogP contribution is -2.64. The highest BCUT2D eigenvalue weighted by molar-refractivity contribution is 7.89. The minimum atomic E-state index is -3.19. The van der Waals surface area contributed by atoms with Crippen molar-refractivity contribution in [3.63, 3.8) is 0 Å². The van der Waals surface area contributed by atoms with Crippen LogP contribution in [0.15, 0.2) is 0 Å². The zero-order valence-electron chi connectivity index (χ0n) is 13.8. The summed E-state index contributed by atoms with van der Waals surface area (Å²) in [5, 5.41) is 0. The number of likely N-dealkylation sites (tertiary alicyclic amines) is 1. The lowest BCUT2D eigenvalue weighted by molar-refractivity contribution is -0.145. The smallest absolute Gasteiger partial charge is 0.227 e. The summed E-state index contributed by atoms with van der Waals surface area (Å²) in [7, 11) is -3.19. The summed E-state index contributed by atoms with van der Waals surface area (Å²) >= 11 is 0. The fourth-order valence-corrected chi connectivity index (χ4v) is 4.83. The number of amides is 1. The fourth-order valence-electron chi connectivity index (χ4n) is 3.65. The summed E-state index contributed by atoms with van der Waals surface area (Å²) < 4.78 is 30.9. The second-order valence-electron chi connectivity index (χ2n) is 6.64. The van der Waals surface area contributed by atoms with Gasteiger partial charge in [-0.3, -0.25) is 9.69 Å². The lowest BCUT2D eigenvalue weighted by Gasteiger charge is -2.48. The average Bonchev–Trinajstić information content (AvgIpc) is 2.54. The Bertz CT molecular complexity index is 527. The number of carbonyl (C=O) groups is 1. The molecule has 132 valence electrons. The summed E-state index contributed by atoms with van der Waals surface area (Å²) in [5.41, 5.74) is 0. The summed E-state index contributed by atoms with van der Waals surface area (Å²) in [5.74, 6) is 0.0673. The summed E-state index contributed by atoms with van der Waals surface area (Å²) in [4.78, 5) is 16.9. The van der Waals surface area contributed by atoms with Crippen LogP contribution in [0, 0.1) is 5.92 Å². The van der Waals surface area contributed by atoms with Crippen molar-refractivity contribution in [1.29, 1.82) is 0 Å². The SMILES string of the molecule is CCS(=O)(=O)N1CCCC(C(=O)N2CC(N3CCOCC3)C2)C1. The van der Waals surface area contributed by atoms with E-state index in [0.717, 1.165) is 52.2 Å². The molecule has 1 amide bonds. The zero-order valence-corrected chi connectivity index (χ0v) is 14.6. The van der Waals surface area contributed by atoms with Crippen molar-refractivity contribution < 1.29 is 17.9 Å². The van der Waals surface area contributed by atoms with Gasteiger partial charge in [0.15, 0.2) is 0 Å². The van der Waals surface area contributed by atoms with Crippen LogP contribution < -0.4 is 0 Å². The molecule has 3 rings (SSSR count).